The second kappa shape index (κ2) is 5.05. The number of H-pyrrole nitrogens is 1. The Morgan fingerprint density at radius 1 is 1.25 bits per heavy atom. The maximum Gasteiger partial charge on any atom is 0.257 e. The van der Waals surface area contributed by atoms with Gasteiger partial charge in [0.1, 0.15) is 0 Å². The number of pyridine rings is 1. The van der Waals surface area contributed by atoms with Crippen molar-refractivity contribution in [3.05, 3.63) is 54.4 Å². The van der Waals surface area contributed by atoms with E-state index >= 15 is 0 Å². The van der Waals surface area contributed by atoms with E-state index in [1.807, 2.05) is 24.3 Å². The molecule has 1 aromatic carbocycles. The number of carbonyl (C=O) groups is 1. The molecule has 2 aromatic heterocycles. The molecule has 100 valence electrons. The lowest BCUT2D eigenvalue weighted by atomic mass is 10.1. The van der Waals surface area contributed by atoms with Gasteiger partial charge in [-0.2, -0.15) is 0 Å². The topological polar surface area (TPSA) is 67.0 Å². The van der Waals surface area contributed by atoms with E-state index in [2.05, 4.69) is 15.3 Å². The van der Waals surface area contributed by atoms with E-state index in [1.165, 1.54) is 0 Å². The highest BCUT2D eigenvalue weighted by atomic mass is 16.5. The molecule has 0 aliphatic carbocycles. The van der Waals surface area contributed by atoms with Crippen molar-refractivity contribution < 1.29 is 9.53 Å². The highest BCUT2D eigenvalue weighted by molar-refractivity contribution is 6.12. The molecule has 0 aliphatic rings. The van der Waals surface area contributed by atoms with E-state index in [4.69, 9.17) is 4.74 Å². The summed E-state index contributed by atoms with van der Waals surface area (Å²) in [6.07, 6.45) is 3.27. The molecule has 1 amide bonds. The number of methoxy groups -OCH3 is 1. The Bertz CT molecular complexity index is 747. The molecule has 0 aliphatic heterocycles. The zero-order valence-electron chi connectivity index (χ0n) is 10.9. The molecule has 20 heavy (non-hydrogen) atoms. The zero-order valence-corrected chi connectivity index (χ0v) is 10.9. The van der Waals surface area contributed by atoms with Gasteiger partial charge in [-0.15, -0.1) is 0 Å². The smallest absolute Gasteiger partial charge is 0.257 e. The Labute approximate surface area is 115 Å². The van der Waals surface area contributed by atoms with Crippen LogP contribution in [0.3, 0.4) is 0 Å². The minimum absolute atomic E-state index is 0.172. The van der Waals surface area contributed by atoms with Gasteiger partial charge in [0.15, 0.2) is 0 Å². The third-order valence-corrected chi connectivity index (χ3v) is 3.04. The molecule has 0 fully saturated rings. The van der Waals surface area contributed by atoms with Crippen LogP contribution >= 0.6 is 0 Å². The highest BCUT2D eigenvalue weighted by Crippen LogP contribution is 2.19. The summed E-state index contributed by atoms with van der Waals surface area (Å²) in [5.74, 6) is 0.338. The van der Waals surface area contributed by atoms with Crippen LogP contribution in [0.4, 0.5) is 5.69 Å². The first-order valence-corrected chi connectivity index (χ1v) is 6.15. The Hall–Kier alpha value is -2.82. The number of amides is 1. The molecule has 3 rings (SSSR count). The number of benzene rings is 1. The number of anilines is 1. The molecule has 0 spiro atoms. The number of rotatable bonds is 3. The number of carbonyl (C=O) groups excluding carboxylic acids is 1. The lowest BCUT2D eigenvalue weighted by Gasteiger charge is -2.04. The maximum absolute atomic E-state index is 12.3. The van der Waals surface area contributed by atoms with Gasteiger partial charge in [-0.1, -0.05) is 18.2 Å². The second-order valence-electron chi connectivity index (χ2n) is 4.29. The second-order valence-corrected chi connectivity index (χ2v) is 4.29. The maximum atomic E-state index is 12.3. The molecule has 0 atom stereocenters. The molecule has 5 heteroatoms. The normalized spacial score (nSPS) is 10.4. The van der Waals surface area contributed by atoms with Gasteiger partial charge in [-0.25, -0.2) is 4.98 Å². The molecule has 2 heterocycles. The monoisotopic (exact) mass is 267 g/mol. The van der Waals surface area contributed by atoms with Gasteiger partial charge in [-0.3, -0.25) is 4.79 Å². The minimum atomic E-state index is -0.172. The van der Waals surface area contributed by atoms with E-state index in [0.29, 0.717) is 17.1 Å². The summed E-state index contributed by atoms with van der Waals surface area (Å²) in [5, 5.41) is 3.71. The van der Waals surface area contributed by atoms with Crippen LogP contribution in [-0.4, -0.2) is 23.0 Å². The predicted molar refractivity (Wildman–Crippen MR) is 77.0 cm³/mol. The number of hydrogen-bond acceptors (Lipinski definition) is 3. The fraction of sp³-hybridized carbons (Fsp3) is 0.0667. The van der Waals surface area contributed by atoms with Crippen molar-refractivity contribution in [1.29, 1.82) is 0 Å². The fourth-order valence-electron chi connectivity index (χ4n) is 2.03. The van der Waals surface area contributed by atoms with Crippen LogP contribution in [0.1, 0.15) is 10.4 Å². The number of para-hydroxylation sites is 1. The molecular formula is C15H13N3O2. The van der Waals surface area contributed by atoms with Crippen LogP contribution in [0.5, 0.6) is 5.88 Å². The molecule has 0 unspecified atom stereocenters. The molecule has 0 radical (unpaired) electrons. The Morgan fingerprint density at radius 2 is 2.10 bits per heavy atom. The average molecular weight is 267 g/mol. The molecule has 0 saturated heterocycles. The van der Waals surface area contributed by atoms with Crippen LogP contribution in [0.15, 0.2) is 48.8 Å². The number of aromatic amines is 1. The summed E-state index contributed by atoms with van der Waals surface area (Å²) in [6, 6.07) is 11.1. The van der Waals surface area contributed by atoms with Gasteiger partial charge < -0.3 is 15.0 Å². The van der Waals surface area contributed by atoms with Crippen LogP contribution in [0.25, 0.3) is 10.9 Å². The first-order valence-electron chi connectivity index (χ1n) is 6.15. The SMILES string of the molecule is COc1ccc(NC(=O)c2c[nH]c3ccccc23)cn1. The number of aromatic nitrogens is 2. The summed E-state index contributed by atoms with van der Waals surface area (Å²) < 4.78 is 4.98. The predicted octanol–water partition coefficient (Wildman–Crippen LogP) is 2.82. The van der Waals surface area contributed by atoms with Crippen LogP contribution in [-0.2, 0) is 0 Å². The largest absolute Gasteiger partial charge is 0.481 e. The van der Waals surface area contributed by atoms with E-state index in [9.17, 15) is 4.79 Å². The van der Waals surface area contributed by atoms with E-state index < -0.39 is 0 Å². The van der Waals surface area contributed by atoms with Gasteiger partial charge in [-0.05, 0) is 12.1 Å². The first-order chi connectivity index (χ1) is 9.78. The number of nitrogens with zero attached hydrogens (tertiary/aromatic N) is 1. The van der Waals surface area contributed by atoms with Gasteiger partial charge in [0, 0.05) is 23.2 Å². The minimum Gasteiger partial charge on any atom is -0.481 e. The highest BCUT2D eigenvalue weighted by Gasteiger charge is 2.11. The van der Waals surface area contributed by atoms with E-state index in [-0.39, 0.29) is 5.91 Å². The molecule has 0 bridgehead atoms. The van der Waals surface area contributed by atoms with Crippen LogP contribution < -0.4 is 10.1 Å². The quantitative estimate of drug-likeness (QED) is 0.766. The lowest BCUT2D eigenvalue weighted by Crippen LogP contribution is -2.11. The zero-order chi connectivity index (χ0) is 13.9. The van der Waals surface area contributed by atoms with E-state index in [0.717, 1.165) is 10.9 Å². The summed E-state index contributed by atoms with van der Waals surface area (Å²) in [4.78, 5) is 19.4. The third-order valence-electron chi connectivity index (χ3n) is 3.04. The van der Waals surface area contributed by atoms with Gasteiger partial charge in [0.05, 0.1) is 24.6 Å². The number of ether oxygens (including phenoxy) is 1. The molecular weight excluding hydrogens is 254 g/mol. The summed E-state index contributed by atoms with van der Waals surface area (Å²) >= 11 is 0. The van der Waals surface area contributed by atoms with Gasteiger partial charge in [0.25, 0.3) is 5.91 Å². The third kappa shape index (κ3) is 2.21. The van der Waals surface area contributed by atoms with Crippen molar-refractivity contribution in [2.24, 2.45) is 0 Å². The summed E-state index contributed by atoms with van der Waals surface area (Å²) in [7, 11) is 1.55. The van der Waals surface area contributed by atoms with Gasteiger partial charge >= 0.3 is 0 Å². The van der Waals surface area contributed by atoms with E-state index in [1.54, 1.807) is 31.6 Å². The number of fused-ring (bicyclic) bond motifs is 1. The van der Waals surface area contributed by atoms with Gasteiger partial charge in [0.2, 0.25) is 5.88 Å². The summed E-state index contributed by atoms with van der Waals surface area (Å²) in [6.45, 7) is 0. The van der Waals surface area contributed by atoms with Crippen molar-refractivity contribution in [1.82, 2.24) is 9.97 Å². The Balaban J connectivity index is 1.85. The first kappa shape index (κ1) is 12.2. The molecule has 5 nitrogen and oxygen atoms in total. The Morgan fingerprint density at radius 3 is 2.85 bits per heavy atom. The average Bonchev–Trinajstić information content (AvgIpc) is 2.92. The van der Waals surface area contributed by atoms with Crippen molar-refractivity contribution >= 4 is 22.5 Å². The fourth-order valence-corrected chi connectivity index (χ4v) is 2.03. The number of hydrogen-bond donors (Lipinski definition) is 2. The van der Waals surface area contributed by atoms with Crippen molar-refractivity contribution in [2.75, 3.05) is 12.4 Å². The van der Waals surface area contributed by atoms with Crippen molar-refractivity contribution in [2.45, 2.75) is 0 Å². The lowest BCUT2D eigenvalue weighted by molar-refractivity contribution is 0.102. The van der Waals surface area contributed by atoms with Crippen molar-refractivity contribution in [3.63, 3.8) is 0 Å². The standard InChI is InChI=1S/C15H13N3O2/c1-20-14-7-6-10(8-17-14)18-15(19)12-9-16-13-5-3-2-4-11(12)13/h2-9,16H,1H3,(H,18,19). The van der Waals surface area contributed by atoms with Crippen LogP contribution in [0.2, 0.25) is 0 Å². The molecule has 0 saturated carbocycles. The number of nitrogens with one attached hydrogen (secondary N) is 2. The van der Waals surface area contributed by atoms with Crippen LogP contribution in [0, 0.1) is 0 Å². The summed E-state index contributed by atoms with van der Waals surface area (Å²) in [5.41, 5.74) is 2.17. The molecule has 2 N–H and O–H groups in total. The van der Waals surface area contributed by atoms with Crippen molar-refractivity contribution in [3.8, 4) is 5.88 Å². The Kier molecular flexibility index (Phi) is 3.09. The molecule has 3 aromatic rings.